The molecule has 26 heavy (non-hydrogen) atoms. The van der Waals surface area contributed by atoms with Gasteiger partial charge in [-0.2, -0.15) is 0 Å². The summed E-state index contributed by atoms with van der Waals surface area (Å²) in [5.41, 5.74) is 8.19. The van der Waals surface area contributed by atoms with Crippen LogP contribution in [-0.2, 0) is 0 Å². The van der Waals surface area contributed by atoms with Crippen molar-refractivity contribution in [1.82, 2.24) is 15.1 Å². The third-order valence-electron chi connectivity index (χ3n) is 4.23. The van der Waals surface area contributed by atoms with E-state index in [1.165, 1.54) is 6.33 Å². The number of nitrogens with two attached hydrogens (primary N) is 1. The van der Waals surface area contributed by atoms with Gasteiger partial charge in [-0.15, -0.1) is 0 Å². The zero-order valence-corrected chi connectivity index (χ0v) is 14.7. The van der Waals surface area contributed by atoms with Gasteiger partial charge in [0.05, 0.1) is 16.7 Å². The van der Waals surface area contributed by atoms with Crippen molar-refractivity contribution in [1.29, 1.82) is 5.41 Å². The smallest absolute Gasteiger partial charge is 0.177 e. The van der Waals surface area contributed by atoms with E-state index < -0.39 is 0 Å². The summed E-state index contributed by atoms with van der Waals surface area (Å²) >= 11 is 0. The number of hydrogen-bond acceptors (Lipinski definition) is 8. The van der Waals surface area contributed by atoms with Gasteiger partial charge in [0.15, 0.2) is 11.4 Å². The molecule has 8 nitrogen and oxygen atoms in total. The second-order valence-corrected chi connectivity index (χ2v) is 6.82. The highest BCUT2D eigenvalue weighted by Crippen LogP contribution is 2.31. The van der Waals surface area contributed by atoms with E-state index in [9.17, 15) is 0 Å². The topological polar surface area (TPSA) is 126 Å². The van der Waals surface area contributed by atoms with E-state index in [4.69, 9.17) is 15.7 Å². The number of nitrogen functional groups attached to an aromatic ring is 1. The second-order valence-electron chi connectivity index (χ2n) is 6.82. The van der Waals surface area contributed by atoms with Gasteiger partial charge in [0.1, 0.15) is 18.0 Å². The number of rotatable bonds is 6. The number of anilines is 3. The molecule has 2 aromatic heterocycles. The molecule has 4 rings (SSSR count). The van der Waals surface area contributed by atoms with Crippen LogP contribution in [0.3, 0.4) is 0 Å². The fourth-order valence-electron chi connectivity index (χ4n) is 2.79. The van der Waals surface area contributed by atoms with E-state index in [0.29, 0.717) is 28.6 Å². The van der Waals surface area contributed by atoms with Crippen LogP contribution in [0, 0.1) is 5.41 Å². The zero-order valence-electron chi connectivity index (χ0n) is 14.7. The maximum absolute atomic E-state index is 8.68. The van der Waals surface area contributed by atoms with Crippen LogP contribution >= 0.6 is 0 Å². The number of fused-ring (bicyclic) bond motifs is 1. The van der Waals surface area contributed by atoms with Crippen LogP contribution in [0.1, 0.15) is 37.8 Å². The SMILES string of the molecule is CC(C)Nc1ncnc(N)c1C(=N)c1ccc2onc(NC3CC3)c2c1. The molecule has 2 heterocycles. The van der Waals surface area contributed by atoms with Crippen molar-refractivity contribution in [3.8, 4) is 0 Å². The molecule has 0 atom stereocenters. The highest BCUT2D eigenvalue weighted by molar-refractivity contribution is 6.17. The van der Waals surface area contributed by atoms with Crippen molar-refractivity contribution in [2.75, 3.05) is 16.4 Å². The normalized spacial score (nSPS) is 14.0. The Balaban J connectivity index is 1.74. The van der Waals surface area contributed by atoms with Crippen molar-refractivity contribution in [3.05, 3.63) is 35.7 Å². The fraction of sp³-hybridized carbons (Fsp3) is 0.333. The monoisotopic (exact) mass is 351 g/mol. The Kier molecular flexibility index (Phi) is 3.95. The van der Waals surface area contributed by atoms with E-state index in [1.807, 2.05) is 32.0 Å². The van der Waals surface area contributed by atoms with Gasteiger partial charge in [0.2, 0.25) is 0 Å². The minimum atomic E-state index is 0.158. The predicted octanol–water partition coefficient (Wildman–Crippen LogP) is 3.01. The molecule has 0 unspecified atom stereocenters. The second kappa shape index (κ2) is 6.29. The molecule has 1 aliphatic carbocycles. The third kappa shape index (κ3) is 3.05. The van der Waals surface area contributed by atoms with Crippen LogP contribution in [-0.4, -0.2) is 32.9 Å². The molecule has 1 fully saturated rings. The van der Waals surface area contributed by atoms with Crippen LogP contribution in [0.4, 0.5) is 17.5 Å². The van der Waals surface area contributed by atoms with E-state index in [1.54, 1.807) is 0 Å². The summed E-state index contributed by atoms with van der Waals surface area (Å²) in [6.07, 6.45) is 3.69. The molecule has 0 aliphatic heterocycles. The van der Waals surface area contributed by atoms with E-state index in [-0.39, 0.29) is 17.6 Å². The Hall–Kier alpha value is -3.16. The zero-order chi connectivity index (χ0) is 18.3. The lowest BCUT2D eigenvalue weighted by Crippen LogP contribution is -2.17. The largest absolute Gasteiger partial charge is 0.383 e. The summed E-state index contributed by atoms with van der Waals surface area (Å²) < 4.78 is 5.37. The number of nitrogens with one attached hydrogen (secondary N) is 3. The Labute approximate surface area is 150 Å². The van der Waals surface area contributed by atoms with Crippen molar-refractivity contribution in [2.45, 2.75) is 38.8 Å². The van der Waals surface area contributed by atoms with Gasteiger partial charge in [-0.05, 0) is 44.9 Å². The van der Waals surface area contributed by atoms with Gasteiger partial charge in [-0.25, -0.2) is 9.97 Å². The van der Waals surface area contributed by atoms with Gasteiger partial charge in [-0.1, -0.05) is 5.16 Å². The maximum Gasteiger partial charge on any atom is 0.177 e. The molecule has 1 aromatic carbocycles. The summed E-state index contributed by atoms with van der Waals surface area (Å²) in [6.45, 7) is 4.01. The van der Waals surface area contributed by atoms with Crippen molar-refractivity contribution in [3.63, 3.8) is 0 Å². The first-order valence-corrected chi connectivity index (χ1v) is 8.65. The molecule has 3 aromatic rings. The third-order valence-corrected chi connectivity index (χ3v) is 4.23. The molecule has 0 spiro atoms. The fourth-order valence-corrected chi connectivity index (χ4v) is 2.79. The van der Waals surface area contributed by atoms with Gasteiger partial charge in [0, 0.05) is 17.6 Å². The van der Waals surface area contributed by atoms with E-state index in [0.717, 1.165) is 24.0 Å². The Bertz CT molecular complexity index is 975. The first kappa shape index (κ1) is 16.3. The molecule has 0 bridgehead atoms. The first-order valence-electron chi connectivity index (χ1n) is 8.65. The molecule has 8 heteroatoms. The first-order chi connectivity index (χ1) is 12.5. The van der Waals surface area contributed by atoms with E-state index in [2.05, 4.69) is 25.8 Å². The number of nitrogens with zero attached hydrogens (tertiary/aromatic N) is 3. The molecule has 1 aliphatic rings. The molecule has 0 amide bonds. The Morgan fingerprint density at radius 3 is 2.81 bits per heavy atom. The lowest BCUT2D eigenvalue weighted by atomic mass is 10.0. The van der Waals surface area contributed by atoms with E-state index >= 15 is 0 Å². The van der Waals surface area contributed by atoms with Gasteiger partial charge in [0.25, 0.3) is 0 Å². The number of aromatic nitrogens is 3. The van der Waals surface area contributed by atoms with Crippen LogP contribution in [0.15, 0.2) is 29.0 Å². The summed E-state index contributed by atoms with van der Waals surface area (Å²) in [5.74, 6) is 1.55. The van der Waals surface area contributed by atoms with Gasteiger partial charge >= 0.3 is 0 Å². The summed E-state index contributed by atoms with van der Waals surface area (Å²) in [7, 11) is 0. The van der Waals surface area contributed by atoms with Crippen molar-refractivity contribution in [2.24, 2.45) is 0 Å². The average Bonchev–Trinajstić information content (AvgIpc) is 3.33. The van der Waals surface area contributed by atoms with Crippen molar-refractivity contribution >= 4 is 34.1 Å². The Morgan fingerprint density at radius 2 is 2.08 bits per heavy atom. The minimum Gasteiger partial charge on any atom is -0.383 e. The average molecular weight is 351 g/mol. The van der Waals surface area contributed by atoms with Gasteiger partial charge in [-0.3, -0.25) is 5.41 Å². The molecule has 0 saturated heterocycles. The highest BCUT2D eigenvalue weighted by Gasteiger charge is 2.24. The van der Waals surface area contributed by atoms with Crippen LogP contribution < -0.4 is 16.4 Å². The number of hydrogen-bond donors (Lipinski definition) is 4. The van der Waals surface area contributed by atoms with Crippen LogP contribution in [0.5, 0.6) is 0 Å². The maximum atomic E-state index is 8.68. The highest BCUT2D eigenvalue weighted by atomic mass is 16.5. The Morgan fingerprint density at radius 1 is 1.27 bits per heavy atom. The molecular formula is C18H21N7O. The van der Waals surface area contributed by atoms with Gasteiger partial charge < -0.3 is 20.9 Å². The number of benzene rings is 1. The lowest BCUT2D eigenvalue weighted by Gasteiger charge is -2.15. The quantitative estimate of drug-likeness (QED) is 0.503. The van der Waals surface area contributed by atoms with Crippen LogP contribution in [0.2, 0.25) is 0 Å². The minimum absolute atomic E-state index is 0.158. The standard InChI is InChI=1S/C18H21N7O/c1-9(2)23-18-14(16(20)21-8-22-18)15(19)10-3-6-13-12(7-10)17(25-26-13)24-11-4-5-11/h3,6-9,11,19H,4-5H2,1-2H3,(H,24,25)(H3,20,21,22,23). The molecule has 0 radical (unpaired) electrons. The summed E-state index contributed by atoms with van der Waals surface area (Å²) in [4.78, 5) is 8.31. The molecule has 1 saturated carbocycles. The molecule has 134 valence electrons. The lowest BCUT2D eigenvalue weighted by molar-refractivity contribution is 0.459. The molecule has 5 N–H and O–H groups in total. The molecular weight excluding hydrogens is 330 g/mol. The van der Waals surface area contributed by atoms with Crippen molar-refractivity contribution < 1.29 is 4.52 Å². The predicted molar refractivity (Wildman–Crippen MR) is 102 cm³/mol. The van der Waals surface area contributed by atoms with Crippen LogP contribution in [0.25, 0.3) is 11.0 Å². The summed E-state index contributed by atoms with van der Waals surface area (Å²) in [6, 6.07) is 6.16. The summed E-state index contributed by atoms with van der Waals surface area (Å²) in [5, 5.41) is 20.2.